The fourth-order valence-corrected chi connectivity index (χ4v) is 4.59. The molecular weight excluding hydrogens is 454 g/mol. The van der Waals surface area contributed by atoms with Crippen LogP contribution in [-0.4, -0.2) is 41.9 Å². The predicted molar refractivity (Wildman–Crippen MR) is 122 cm³/mol. The number of aryl methyl sites for hydroxylation is 1. The molecule has 0 atom stereocenters. The van der Waals surface area contributed by atoms with Gasteiger partial charge >= 0.3 is 0 Å². The number of amides is 1. The van der Waals surface area contributed by atoms with Crippen LogP contribution in [0.3, 0.4) is 0 Å². The average Bonchev–Trinajstić information content (AvgIpc) is 3.27. The molecule has 8 heteroatoms. The molecule has 0 unspecified atom stereocenters. The maximum atomic E-state index is 13.9. The molecule has 0 N–H and O–H groups in total. The van der Waals surface area contributed by atoms with Crippen LogP contribution >= 0.6 is 22.9 Å². The third-order valence-corrected chi connectivity index (χ3v) is 6.88. The molecule has 1 amide bonds. The number of thiophene rings is 1. The van der Waals surface area contributed by atoms with Gasteiger partial charge < -0.3 is 9.64 Å². The lowest BCUT2D eigenvalue weighted by molar-refractivity contribution is 0.0631. The van der Waals surface area contributed by atoms with E-state index in [-0.39, 0.29) is 5.91 Å². The molecule has 1 aliphatic rings. The van der Waals surface area contributed by atoms with Gasteiger partial charge in [0.2, 0.25) is 0 Å². The van der Waals surface area contributed by atoms with Gasteiger partial charge in [0.05, 0.1) is 4.88 Å². The molecule has 2 heterocycles. The Hall–Kier alpha value is -2.48. The molecule has 168 valence electrons. The van der Waals surface area contributed by atoms with Crippen molar-refractivity contribution in [3.63, 3.8) is 0 Å². The van der Waals surface area contributed by atoms with E-state index in [9.17, 15) is 13.6 Å². The summed E-state index contributed by atoms with van der Waals surface area (Å²) in [7, 11) is 0. The monoisotopic (exact) mass is 476 g/mol. The van der Waals surface area contributed by atoms with E-state index in [0.29, 0.717) is 54.8 Å². The topological polar surface area (TPSA) is 32.8 Å². The van der Waals surface area contributed by atoms with Gasteiger partial charge in [-0.2, -0.15) is 0 Å². The van der Waals surface area contributed by atoms with Crippen molar-refractivity contribution in [1.82, 2.24) is 9.80 Å². The van der Waals surface area contributed by atoms with Crippen LogP contribution in [0.4, 0.5) is 8.78 Å². The number of ether oxygens (including phenoxy) is 1. The maximum Gasteiger partial charge on any atom is 0.264 e. The first kappa shape index (κ1) is 22.7. The molecule has 1 aliphatic heterocycles. The Labute approximate surface area is 195 Å². The Balaban J connectivity index is 1.29. The molecule has 0 bridgehead atoms. The molecule has 1 aromatic heterocycles. The number of carbonyl (C=O) groups is 1. The van der Waals surface area contributed by atoms with Gasteiger partial charge in [0.15, 0.2) is 11.6 Å². The summed E-state index contributed by atoms with van der Waals surface area (Å²) in [5.41, 5.74) is 2.22. The third kappa shape index (κ3) is 5.28. The standard InChI is InChI=1S/C24H23ClF2N2O2S/c1-16-11-19(5-6-20(16)25)31-14-17-12-22(32-15-17)24(30)29-9-7-28(8-10-29)13-18-3-2-4-21(26)23(18)27/h2-6,11-12,15H,7-10,13-14H2,1H3. The number of halogens is 3. The highest BCUT2D eigenvalue weighted by atomic mass is 35.5. The molecule has 2 aromatic carbocycles. The summed E-state index contributed by atoms with van der Waals surface area (Å²) in [6.07, 6.45) is 0. The number of benzene rings is 2. The molecule has 0 aliphatic carbocycles. The Morgan fingerprint density at radius 3 is 2.66 bits per heavy atom. The van der Waals surface area contributed by atoms with E-state index in [0.717, 1.165) is 22.9 Å². The van der Waals surface area contributed by atoms with E-state index in [1.54, 1.807) is 17.0 Å². The Morgan fingerprint density at radius 2 is 1.91 bits per heavy atom. The minimum Gasteiger partial charge on any atom is -0.489 e. The van der Waals surface area contributed by atoms with Gasteiger partial charge in [0.25, 0.3) is 5.91 Å². The van der Waals surface area contributed by atoms with Gasteiger partial charge in [-0.05, 0) is 48.2 Å². The van der Waals surface area contributed by atoms with Crippen LogP contribution in [-0.2, 0) is 13.2 Å². The van der Waals surface area contributed by atoms with Crippen molar-refractivity contribution in [3.05, 3.63) is 86.1 Å². The van der Waals surface area contributed by atoms with Crippen molar-refractivity contribution < 1.29 is 18.3 Å². The largest absolute Gasteiger partial charge is 0.489 e. The van der Waals surface area contributed by atoms with Crippen molar-refractivity contribution in [1.29, 1.82) is 0 Å². The van der Waals surface area contributed by atoms with E-state index in [2.05, 4.69) is 0 Å². The molecule has 1 saturated heterocycles. The summed E-state index contributed by atoms with van der Waals surface area (Å²) in [6, 6.07) is 11.6. The summed E-state index contributed by atoms with van der Waals surface area (Å²) in [5.74, 6) is -0.912. The van der Waals surface area contributed by atoms with Crippen LogP contribution in [0.1, 0.15) is 26.4 Å². The lowest BCUT2D eigenvalue weighted by Gasteiger charge is -2.34. The third-order valence-electron chi connectivity index (χ3n) is 5.48. The smallest absolute Gasteiger partial charge is 0.264 e. The van der Waals surface area contributed by atoms with E-state index >= 15 is 0 Å². The number of hydrogen-bond donors (Lipinski definition) is 0. The second-order valence-electron chi connectivity index (χ2n) is 7.80. The van der Waals surface area contributed by atoms with E-state index < -0.39 is 11.6 Å². The van der Waals surface area contributed by atoms with E-state index in [4.69, 9.17) is 16.3 Å². The highest BCUT2D eigenvalue weighted by molar-refractivity contribution is 7.12. The molecule has 1 fully saturated rings. The maximum absolute atomic E-state index is 13.9. The van der Waals surface area contributed by atoms with Crippen molar-refractivity contribution in [2.24, 2.45) is 0 Å². The zero-order valence-corrected chi connectivity index (χ0v) is 19.2. The molecular formula is C24H23ClF2N2O2S. The number of hydrogen-bond acceptors (Lipinski definition) is 4. The molecule has 3 aromatic rings. The van der Waals surface area contributed by atoms with E-state index in [1.807, 2.05) is 35.4 Å². The van der Waals surface area contributed by atoms with E-state index in [1.165, 1.54) is 17.4 Å². The normalized spacial score (nSPS) is 14.6. The summed E-state index contributed by atoms with van der Waals surface area (Å²) >= 11 is 7.44. The van der Waals surface area contributed by atoms with Crippen molar-refractivity contribution in [2.45, 2.75) is 20.1 Å². The Kier molecular flexibility index (Phi) is 7.08. The van der Waals surface area contributed by atoms with Gasteiger partial charge in [-0.3, -0.25) is 9.69 Å². The fourth-order valence-electron chi connectivity index (χ4n) is 3.61. The summed E-state index contributed by atoms with van der Waals surface area (Å²) < 4.78 is 33.1. The summed E-state index contributed by atoms with van der Waals surface area (Å²) in [6.45, 7) is 4.93. The Morgan fingerprint density at radius 1 is 1.12 bits per heavy atom. The second-order valence-corrected chi connectivity index (χ2v) is 9.12. The van der Waals surface area contributed by atoms with Gasteiger partial charge in [-0.15, -0.1) is 11.3 Å². The van der Waals surface area contributed by atoms with Crippen LogP contribution in [0.2, 0.25) is 5.02 Å². The van der Waals surface area contributed by atoms with Crippen LogP contribution < -0.4 is 4.74 Å². The number of nitrogens with zero attached hydrogens (tertiary/aromatic N) is 2. The second kappa shape index (κ2) is 9.98. The van der Waals surface area contributed by atoms with Crippen LogP contribution in [0.25, 0.3) is 0 Å². The van der Waals surface area contributed by atoms with Crippen molar-refractivity contribution in [2.75, 3.05) is 26.2 Å². The van der Waals surface area contributed by atoms with Crippen LogP contribution in [0.15, 0.2) is 47.8 Å². The minimum atomic E-state index is -0.833. The number of rotatable bonds is 6. The first-order valence-electron chi connectivity index (χ1n) is 10.3. The molecule has 4 rings (SSSR count). The molecule has 4 nitrogen and oxygen atoms in total. The van der Waals surface area contributed by atoms with Gasteiger partial charge in [-0.25, -0.2) is 8.78 Å². The van der Waals surface area contributed by atoms with Gasteiger partial charge in [-0.1, -0.05) is 23.7 Å². The van der Waals surface area contributed by atoms with Crippen LogP contribution in [0.5, 0.6) is 5.75 Å². The lowest BCUT2D eigenvalue weighted by atomic mass is 10.1. The predicted octanol–water partition coefficient (Wildman–Crippen LogP) is 5.53. The van der Waals surface area contributed by atoms with Gasteiger partial charge in [0.1, 0.15) is 12.4 Å². The first-order chi connectivity index (χ1) is 15.4. The molecule has 0 spiro atoms. The minimum absolute atomic E-state index is 0.0137. The van der Waals surface area contributed by atoms with Gasteiger partial charge in [0, 0.05) is 48.9 Å². The molecule has 0 saturated carbocycles. The van der Waals surface area contributed by atoms with Crippen LogP contribution in [0, 0.1) is 18.6 Å². The number of carbonyl (C=O) groups excluding carboxylic acids is 1. The zero-order valence-electron chi connectivity index (χ0n) is 17.6. The average molecular weight is 477 g/mol. The summed E-state index contributed by atoms with van der Waals surface area (Å²) in [5, 5.41) is 2.63. The SMILES string of the molecule is Cc1cc(OCc2csc(C(=O)N3CCN(Cc4cccc(F)c4F)CC3)c2)ccc1Cl. The zero-order chi connectivity index (χ0) is 22.7. The Bertz CT molecular complexity index is 1110. The van der Waals surface area contributed by atoms with Crippen molar-refractivity contribution >= 4 is 28.8 Å². The quantitative estimate of drug-likeness (QED) is 0.469. The van der Waals surface area contributed by atoms with Crippen molar-refractivity contribution in [3.8, 4) is 5.75 Å². The summed E-state index contributed by atoms with van der Waals surface area (Å²) in [4.78, 5) is 17.4. The number of piperazine rings is 1. The molecule has 32 heavy (non-hydrogen) atoms. The highest BCUT2D eigenvalue weighted by Gasteiger charge is 2.24. The first-order valence-corrected chi connectivity index (χ1v) is 11.6. The lowest BCUT2D eigenvalue weighted by Crippen LogP contribution is -2.48. The fraction of sp³-hybridized carbons (Fsp3) is 0.292. The molecule has 0 radical (unpaired) electrons. The highest BCUT2D eigenvalue weighted by Crippen LogP contribution is 2.24.